The summed E-state index contributed by atoms with van der Waals surface area (Å²) in [5.74, 6) is 0.851. The number of halogens is 1. The lowest BCUT2D eigenvalue weighted by atomic mass is 10.0. The van der Waals surface area contributed by atoms with Gasteiger partial charge in [0.05, 0.1) is 25.0 Å². The zero-order valence-corrected chi connectivity index (χ0v) is 20.1. The van der Waals surface area contributed by atoms with Crippen molar-refractivity contribution in [1.82, 2.24) is 15.5 Å². The van der Waals surface area contributed by atoms with Gasteiger partial charge < -0.3 is 15.4 Å². The zero-order chi connectivity index (χ0) is 19.7. The summed E-state index contributed by atoms with van der Waals surface area (Å²) in [7, 11) is -1.23. The van der Waals surface area contributed by atoms with E-state index < -0.39 is 9.84 Å². The summed E-state index contributed by atoms with van der Waals surface area (Å²) in [6, 6.07) is 10.7. The van der Waals surface area contributed by atoms with E-state index in [1.807, 2.05) is 13.0 Å². The number of morpholine rings is 1. The standard InChI is InChI=1S/C19H32N4O3S.HI/c1-16(9-14-27(3,24)25)22-19(20-2)21-15-18(17-7-5-4-6-8-17)23-10-12-26-13-11-23;/h4-8,16,18H,9-15H2,1-3H3,(H2,20,21,22);1H. The number of nitrogens with zero attached hydrogens (tertiary/aromatic N) is 2. The summed E-state index contributed by atoms with van der Waals surface area (Å²) in [5, 5.41) is 6.68. The first-order valence-corrected chi connectivity index (χ1v) is 11.5. The molecule has 2 N–H and O–H groups in total. The molecular formula is C19H33IN4O3S. The monoisotopic (exact) mass is 524 g/mol. The van der Waals surface area contributed by atoms with Crippen LogP contribution < -0.4 is 10.6 Å². The van der Waals surface area contributed by atoms with Crippen LogP contribution in [-0.2, 0) is 14.6 Å². The Labute approximate surface area is 186 Å². The van der Waals surface area contributed by atoms with Crippen molar-refractivity contribution in [3.63, 3.8) is 0 Å². The maximum atomic E-state index is 11.3. The highest BCUT2D eigenvalue weighted by Crippen LogP contribution is 2.21. The second-order valence-electron chi connectivity index (χ2n) is 6.99. The summed E-state index contributed by atoms with van der Waals surface area (Å²) in [6.07, 6.45) is 1.81. The number of benzene rings is 1. The Morgan fingerprint density at radius 3 is 2.46 bits per heavy atom. The topological polar surface area (TPSA) is 83.0 Å². The molecule has 2 atom stereocenters. The smallest absolute Gasteiger partial charge is 0.191 e. The van der Waals surface area contributed by atoms with Crippen molar-refractivity contribution in [2.24, 2.45) is 4.99 Å². The lowest BCUT2D eigenvalue weighted by Gasteiger charge is -2.35. The van der Waals surface area contributed by atoms with Crippen LogP contribution in [0.25, 0.3) is 0 Å². The number of ether oxygens (including phenoxy) is 1. The highest BCUT2D eigenvalue weighted by molar-refractivity contribution is 14.0. The third kappa shape index (κ3) is 9.06. The second kappa shape index (κ2) is 12.6. The van der Waals surface area contributed by atoms with E-state index in [1.165, 1.54) is 11.8 Å². The molecule has 1 fully saturated rings. The molecule has 0 aromatic heterocycles. The van der Waals surface area contributed by atoms with E-state index in [1.54, 1.807) is 7.05 Å². The molecule has 7 nitrogen and oxygen atoms in total. The molecule has 160 valence electrons. The van der Waals surface area contributed by atoms with E-state index in [4.69, 9.17) is 4.74 Å². The number of rotatable bonds is 8. The molecule has 0 amide bonds. The molecular weight excluding hydrogens is 491 g/mol. The molecule has 1 heterocycles. The van der Waals surface area contributed by atoms with E-state index in [-0.39, 0.29) is 41.8 Å². The van der Waals surface area contributed by atoms with Gasteiger partial charge in [-0.2, -0.15) is 0 Å². The van der Waals surface area contributed by atoms with Gasteiger partial charge in [0.1, 0.15) is 9.84 Å². The molecule has 28 heavy (non-hydrogen) atoms. The largest absolute Gasteiger partial charge is 0.379 e. The van der Waals surface area contributed by atoms with Gasteiger partial charge in [0, 0.05) is 39.0 Å². The van der Waals surface area contributed by atoms with Crippen LogP contribution in [0, 0.1) is 0 Å². The van der Waals surface area contributed by atoms with E-state index in [0.717, 1.165) is 26.3 Å². The lowest BCUT2D eigenvalue weighted by Crippen LogP contribution is -2.48. The number of hydrogen-bond acceptors (Lipinski definition) is 5. The van der Waals surface area contributed by atoms with Gasteiger partial charge in [-0.3, -0.25) is 9.89 Å². The molecule has 2 unspecified atom stereocenters. The predicted octanol–water partition coefficient (Wildman–Crippen LogP) is 1.67. The number of hydrogen-bond donors (Lipinski definition) is 2. The Morgan fingerprint density at radius 1 is 1.25 bits per heavy atom. The van der Waals surface area contributed by atoms with Crippen molar-refractivity contribution in [2.75, 3.05) is 51.9 Å². The van der Waals surface area contributed by atoms with Crippen LogP contribution in [0.3, 0.4) is 0 Å². The molecule has 1 aliphatic rings. The Bertz CT molecular complexity index is 694. The SMILES string of the molecule is CN=C(NCC(c1ccccc1)N1CCOCC1)NC(C)CCS(C)(=O)=O.I. The highest BCUT2D eigenvalue weighted by atomic mass is 127. The first-order valence-electron chi connectivity index (χ1n) is 9.40. The van der Waals surface area contributed by atoms with E-state index >= 15 is 0 Å². The Kier molecular flexibility index (Phi) is 11.3. The Hall–Kier alpha value is -0.910. The van der Waals surface area contributed by atoms with Gasteiger partial charge in [-0.1, -0.05) is 30.3 Å². The average Bonchev–Trinajstić information content (AvgIpc) is 2.67. The molecule has 0 saturated carbocycles. The molecule has 0 radical (unpaired) electrons. The van der Waals surface area contributed by atoms with Crippen molar-refractivity contribution in [1.29, 1.82) is 0 Å². The summed E-state index contributed by atoms with van der Waals surface area (Å²) in [4.78, 5) is 6.71. The fourth-order valence-corrected chi connectivity index (χ4v) is 3.89. The summed E-state index contributed by atoms with van der Waals surface area (Å²) in [5.41, 5.74) is 1.26. The van der Waals surface area contributed by atoms with Crippen LogP contribution in [0.2, 0.25) is 0 Å². The Balaban J connectivity index is 0.00000392. The van der Waals surface area contributed by atoms with Gasteiger partial charge in [0.25, 0.3) is 0 Å². The van der Waals surface area contributed by atoms with Gasteiger partial charge >= 0.3 is 0 Å². The van der Waals surface area contributed by atoms with E-state index in [2.05, 4.69) is 44.8 Å². The van der Waals surface area contributed by atoms with Gasteiger partial charge in [-0.05, 0) is 18.9 Å². The van der Waals surface area contributed by atoms with Crippen LogP contribution in [0.4, 0.5) is 0 Å². The second-order valence-corrected chi connectivity index (χ2v) is 9.25. The average molecular weight is 524 g/mol. The van der Waals surface area contributed by atoms with Crippen LogP contribution in [0.1, 0.15) is 24.9 Å². The Morgan fingerprint density at radius 2 is 1.89 bits per heavy atom. The summed E-state index contributed by atoms with van der Waals surface area (Å²) >= 11 is 0. The minimum atomic E-state index is -2.96. The quantitative estimate of drug-likeness (QED) is 0.306. The number of aliphatic imine (C=N–C) groups is 1. The molecule has 0 bridgehead atoms. The number of sulfone groups is 1. The van der Waals surface area contributed by atoms with Crippen LogP contribution in [0.15, 0.2) is 35.3 Å². The third-order valence-corrected chi connectivity index (χ3v) is 5.64. The molecule has 1 aromatic rings. The highest BCUT2D eigenvalue weighted by Gasteiger charge is 2.23. The molecule has 1 saturated heterocycles. The lowest BCUT2D eigenvalue weighted by molar-refractivity contribution is 0.0170. The predicted molar refractivity (Wildman–Crippen MR) is 125 cm³/mol. The minimum absolute atomic E-state index is 0. The summed E-state index contributed by atoms with van der Waals surface area (Å²) < 4.78 is 28.2. The van der Waals surface area contributed by atoms with Gasteiger partial charge in [0.2, 0.25) is 0 Å². The molecule has 1 aliphatic heterocycles. The summed E-state index contributed by atoms with van der Waals surface area (Å²) in [6.45, 7) is 5.98. The minimum Gasteiger partial charge on any atom is -0.379 e. The molecule has 0 spiro atoms. The number of guanidine groups is 1. The van der Waals surface area contributed by atoms with Gasteiger partial charge in [0.15, 0.2) is 5.96 Å². The van der Waals surface area contributed by atoms with E-state index in [0.29, 0.717) is 18.9 Å². The van der Waals surface area contributed by atoms with Crippen molar-refractivity contribution in [3.05, 3.63) is 35.9 Å². The number of nitrogens with one attached hydrogen (secondary N) is 2. The van der Waals surface area contributed by atoms with Crippen molar-refractivity contribution in [3.8, 4) is 0 Å². The van der Waals surface area contributed by atoms with Crippen molar-refractivity contribution >= 4 is 39.8 Å². The van der Waals surface area contributed by atoms with Crippen LogP contribution in [0.5, 0.6) is 0 Å². The fraction of sp³-hybridized carbons (Fsp3) is 0.632. The first-order chi connectivity index (χ1) is 12.9. The van der Waals surface area contributed by atoms with Crippen molar-refractivity contribution in [2.45, 2.75) is 25.4 Å². The first kappa shape index (κ1) is 25.1. The van der Waals surface area contributed by atoms with E-state index in [9.17, 15) is 8.42 Å². The normalized spacial score (nSPS) is 18.0. The van der Waals surface area contributed by atoms with Gasteiger partial charge in [-0.25, -0.2) is 8.42 Å². The zero-order valence-electron chi connectivity index (χ0n) is 16.9. The molecule has 0 aliphatic carbocycles. The van der Waals surface area contributed by atoms with Crippen molar-refractivity contribution < 1.29 is 13.2 Å². The van der Waals surface area contributed by atoms with Crippen LogP contribution >= 0.6 is 24.0 Å². The fourth-order valence-electron chi connectivity index (χ4n) is 3.11. The molecule has 1 aromatic carbocycles. The van der Waals surface area contributed by atoms with Crippen LogP contribution in [-0.4, -0.2) is 77.2 Å². The van der Waals surface area contributed by atoms with Gasteiger partial charge in [-0.15, -0.1) is 24.0 Å². The molecule has 9 heteroatoms. The maximum absolute atomic E-state index is 11.3. The molecule has 2 rings (SSSR count). The maximum Gasteiger partial charge on any atom is 0.191 e. The third-order valence-electron chi connectivity index (χ3n) is 4.66.